The summed E-state index contributed by atoms with van der Waals surface area (Å²) in [5.74, 6) is 1.27. The van der Waals surface area contributed by atoms with E-state index in [0.717, 1.165) is 19.3 Å². The third-order valence-corrected chi connectivity index (χ3v) is 11.8. The first-order valence-corrected chi connectivity index (χ1v) is 19.2. The Morgan fingerprint density at radius 3 is 2.52 bits per heavy atom. The van der Waals surface area contributed by atoms with E-state index in [1.54, 1.807) is 42.5 Å². The van der Waals surface area contributed by atoms with Crippen LogP contribution in [0.4, 0.5) is 5.69 Å². The number of hydrogen-bond acceptors (Lipinski definition) is 9. The van der Waals surface area contributed by atoms with Gasteiger partial charge in [-0.05, 0) is 60.8 Å². The molecular weight excluding hydrogens is 651 g/mol. The van der Waals surface area contributed by atoms with Crippen molar-refractivity contribution in [3.63, 3.8) is 0 Å². The zero-order valence-corrected chi connectivity index (χ0v) is 30.1. The number of para-hydroxylation sites is 1. The fraction of sp³-hybridized carbons (Fsp3) is 0.543. The molecule has 11 nitrogen and oxygen atoms in total. The van der Waals surface area contributed by atoms with Gasteiger partial charge in [-0.1, -0.05) is 77.1 Å². The van der Waals surface area contributed by atoms with E-state index in [0.29, 0.717) is 78.4 Å². The van der Waals surface area contributed by atoms with Crippen molar-refractivity contribution in [2.75, 3.05) is 37.4 Å². The third-order valence-electron chi connectivity index (χ3n) is 8.94. The molecule has 0 bridgehead atoms. The summed E-state index contributed by atoms with van der Waals surface area (Å²) in [6.45, 7) is 12.6. The van der Waals surface area contributed by atoms with Gasteiger partial charge in [0.15, 0.2) is 11.0 Å². The predicted molar refractivity (Wildman–Crippen MR) is 186 cm³/mol. The summed E-state index contributed by atoms with van der Waals surface area (Å²) in [6.07, 6.45) is 2.86. The summed E-state index contributed by atoms with van der Waals surface area (Å²) in [5.41, 5.74) is 1.35. The number of aromatic nitrogens is 3. The normalized spacial score (nSPS) is 20.6. The van der Waals surface area contributed by atoms with Gasteiger partial charge >= 0.3 is 5.97 Å². The van der Waals surface area contributed by atoms with Crippen LogP contribution in [-0.2, 0) is 30.8 Å². The lowest BCUT2D eigenvalue weighted by atomic mass is 9.75. The van der Waals surface area contributed by atoms with Crippen LogP contribution in [-0.4, -0.2) is 77.5 Å². The number of hydrogen-bond donors (Lipinski definition) is 1. The largest absolute Gasteiger partial charge is 0.458 e. The number of anilines is 1. The molecule has 2 aliphatic rings. The van der Waals surface area contributed by atoms with Crippen molar-refractivity contribution in [3.8, 4) is 11.4 Å². The summed E-state index contributed by atoms with van der Waals surface area (Å²) in [4.78, 5) is 26.8. The highest BCUT2D eigenvalue weighted by Crippen LogP contribution is 2.36. The summed E-state index contributed by atoms with van der Waals surface area (Å²) >= 11 is 1.23. The molecule has 0 unspecified atom stereocenters. The van der Waals surface area contributed by atoms with Crippen molar-refractivity contribution in [3.05, 3.63) is 54.1 Å². The number of rotatable bonds is 12. The van der Waals surface area contributed by atoms with Crippen LogP contribution >= 0.6 is 11.8 Å². The Bertz CT molecular complexity index is 1690. The first kappa shape index (κ1) is 36.0. The number of morpholine rings is 1. The van der Waals surface area contributed by atoms with Crippen molar-refractivity contribution >= 4 is 39.3 Å². The van der Waals surface area contributed by atoms with Crippen LogP contribution in [0.2, 0.25) is 0 Å². The molecular formula is C35H47N5O6S2. The summed E-state index contributed by atoms with van der Waals surface area (Å²) in [7, 11) is -3.70. The quantitative estimate of drug-likeness (QED) is 0.180. The Kier molecular flexibility index (Phi) is 12.0. The predicted octanol–water partition coefficient (Wildman–Crippen LogP) is 5.97. The lowest BCUT2D eigenvalue weighted by molar-refractivity contribution is -0.113. The summed E-state index contributed by atoms with van der Waals surface area (Å²) in [5, 5.41) is 12.2. The number of sulfonamides is 1. The molecule has 1 N–H and O–H groups in total. The van der Waals surface area contributed by atoms with Crippen molar-refractivity contribution in [2.24, 2.45) is 23.7 Å². The van der Waals surface area contributed by atoms with Gasteiger partial charge in [-0.15, -0.1) is 10.2 Å². The first-order chi connectivity index (χ1) is 22.9. The molecule has 1 saturated heterocycles. The van der Waals surface area contributed by atoms with E-state index in [1.807, 2.05) is 10.6 Å². The van der Waals surface area contributed by atoms with Gasteiger partial charge in [0.2, 0.25) is 15.9 Å². The van der Waals surface area contributed by atoms with E-state index < -0.39 is 16.0 Å². The Morgan fingerprint density at radius 1 is 1.04 bits per heavy atom. The molecule has 1 aliphatic heterocycles. The van der Waals surface area contributed by atoms with Crippen LogP contribution in [0.1, 0.15) is 64.2 Å². The second-order valence-corrected chi connectivity index (χ2v) is 16.4. The van der Waals surface area contributed by atoms with E-state index in [9.17, 15) is 18.0 Å². The Morgan fingerprint density at radius 2 is 1.79 bits per heavy atom. The minimum Gasteiger partial charge on any atom is -0.458 e. The van der Waals surface area contributed by atoms with Crippen LogP contribution in [0.5, 0.6) is 0 Å². The number of carbonyl (C=O) groups is 2. The SMILES string of the molecule is CC(C)Cn1c(SCC(=O)Nc2ccccc2C(=O)O[C@@H]2C[C@H](C)CC[C@H]2C(C)C)nnc1-c1cccc(S(=O)(=O)N2CCOCC2)c1. The minimum atomic E-state index is -3.70. The summed E-state index contributed by atoms with van der Waals surface area (Å²) in [6, 6.07) is 13.7. The second-order valence-electron chi connectivity index (χ2n) is 13.5. The molecule has 3 atom stereocenters. The average molecular weight is 698 g/mol. The van der Waals surface area contributed by atoms with E-state index in [-0.39, 0.29) is 28.6 Å². The topological polar surface area (TPSA) is 133 Å². The monoisotopic (exact) mass is 697 g/mol. The molecule has 48 heavy (non-hydrogen) atoms. The maximum absolute atomic E-state index is 13.4. The highest BCUT2D eigenvalue weighted by atomic mass is 32.2. The third kappa shape index (κ3) is 8.66. The van der Waals surface area contributed by atoms with Crippen molar-refractivity contribution in [1.29, 1.82) is 0 Å². The molecule has 260 valence electrons. The standard InChI is InChI=1S/C35H47N5O6S2/c1-23(2)21-40-33(26-9-8-10-27(20-26)48(43,44)39-15-17-45-18-16-39)37-38-35(40)47-22-32(41)36-30-12-7-6-11-29(30)34(42)46-31-19-25(5)13-14-28(31)24(3)4/h6-12,20,23-25,28,31H,13-19,21-22H2,1-5H3,(H,36,41)/t25-,28+,31-/m1/s1. The van der Waals surface area contributed by atoms with E-state index >= 15 is 0 Å². The molecule has 1 saturated carbocycles. The van der Waals surface area contributed by atoms with Crippen LogP contribution < -0.4 is 5.32 Å². The highest BCUT2D eigenvalue weighted by Gasteiger charge is 2.34. The average Bonchev–Trinajstić information content (AvgIpc) is 3.45. The molecule has 0 radical (unpaired) electrons. The van der Waals surface area contributed by atoms with Crippen molar-refractivity contribution in [1.82, 2.24) is 19.1 Å². The lowest BCUT2D eigenvalue weighted by Gasteiger charge is -2.36. The van der Waals surface area contributed by atoms with Gasteiger partial charge in [0.05, 0.1) is 35.1 Å². The van der Waals surface area contributed by atoms with Gasteiger partial charge in [0, 0.05) is 25.2 Å². The van der Waals surface area contributed by atoms with Crippen molar-refractivity contribution < 1.29 is 27.5 Å². The van der Waals surface area contributed by atoms with Gasteiger partial charge in [-0.2, -0.15) is 4.31 Å². The van der Waals surface area contributed by atoms with Gasteiger partial charge < -0.3 is 19.4 Å². The number of ether oxygens (including phenoxy) is 2. The molecule has 2 fully saturated rings. The zero-order chi connectivity index (χ0) is 34.4. The number of nitrogens with zero attached hydrogens (tertiary/aromatic N) is 4. The Hall–Kier alpha value is -3.26. The Balaban J connectivity index is 1.29. The fourth-order valence-corrected chi connectivity index (χ4v) is 8.61. The van der Waals surface area contributed by atoms with E-state index in [4.69, 9.17) is 9.47 Å². The van der Waals surface area contributed by atoms with Gasteiger partial charge in [-0.25, -0.2) is 13.2 Å². The van der Waals surface area contributed by atoms with E-state index in [2.05, 4.69) is 50.1 Å². The van der Waals surface area contributed by atoms with Crippen molar-refractivity contribution in [2.45, 2.75) is 76.6 Å². The molecule has 13 heteroatoms. The maximum Gasteiger partial charge on any atom is 0.340 e. The molecule has 2 heterocycles. The van der Waals surface area contributed by atoms with Crippen LogP contribution in [0, 0.1) is 23.7 Å². The fourth-order valence-electron chi connectivity index (χ4n) is 6.41. The molecule has 0 spiro atoms. The number of amides is 1. The van der Waals surface area contributed by atoms with Gasteiger partial charge in [-0.3, -0.25) is 4.79 Å². The molecule has 1 amide bonds. The van der Waals surface area contributed by atoms with Crippen LogP contribution in [0.15, 0.2) is 58.6 Å². The second kappa shape index (κ2) is 16.0. The van der Waals surface area contributed by atoms with Gasteiger partial charge in [0.25, 0.3) is 0 Å². The van der Waals surface area contributed by atoms with E-state index in [1.165, 1.54) is 16.1 Å². The van der Waals surface area contributed by atoms with Crippen LogP contribution in [0.3, 0.4) is 0 Å². The Labute approximate surface area is 288 Å². The molecule has 1 aromatic heterocycles. The number of thioether (sulfide) groups is 1. The number of esters is 1. The minimum absolute atomic E-state index is 0.0284. The smallest absolute Gasteiger partial charge is 0.340 e. The highest BCUT2D eigenvalue weighted by molar-refractivity contribution is 7.99. The summed E-state index contributed by atoms with van der Waals surface area (Å²) < 4.78 is 41.4. The molecule has 2 aromatic carbocycles. The molecule has 1 aliphatic carbocycles. The van der Waals surface area contributed by atoms with Gasteiger partial charge in [0.1, 0.15) is 6.10 Å². The maximum atomic E-state index is 13.4. The number of carbonyl (C=O) groups excluding carboxylic acids is 2. The lowest BCUT2D eigenvalue weighted by Crippen LogP contribution is -2.40. The first-order valence-electron chi connectivity index (χ1n) is 16.8. The number of nitrogens with one attached hydrogen (secondary N) is 1. The molecule has 3 aromatic rings. The number of benzene rings is 2. The van der Waals surface area contributed by atoms with Crippen LogP contribution in [0.25, 0.3) is 11.4 Å². The molecule has 5 rings (SSSR count). The zero-order valence-electron chi connectivity index (χ0n) is 28.4.